The number of benzene rings is 1. The molecule has 1 N–H and O–H groups in total. The van der Waals surface area contributed by atoms with E-state index in [1.165, 1.54) is 9.08 Å². The number of hydrogen-bond acceptors (Lipinski definition) is 6. The van der Waals surface area contributed by atoms with E-state index in [2.05, 4.69) is 25.4 Å². The maximum Gasteiger partial charge on any atom is 0.350 e. The van der Waals surface area contributed by atoms with Gasteiger partial charge >= 0.3 is 5.69 Å². The lowest BCUT2D eigenvalue weighted by atomic mass is 10.1. The van der Waals surface area contributed by atoms with Crippen molar-refractivity contribution in [1.29, 1.82) is 0 Å². The summed E-state index contributed by atoms with van der Waals surface area (Å²) in [6.45, 7) is 2.01. The lowest BCUT2D eigenvalue weighted by molar-refractivity contribution is 0.417. The topological polar surface area (TPSA) is 107 Å². The van der Waals surface area contributed by atoms with Crippen molar-refractivity contribution in [3.8, 4) is 22.8 Å². The predicted octanol–water partition coefficient (Wildman–Crippen LogP) is 2.95. The van der Waals surface area contributed by atoms with Gasteiger partial charge in [0.25, 0.3) is 5.89 Å². The molecule has 5 aromatic rings. The maximum absolute atomic E-state index is 12.4. The summed E-state index contributed by atoms with van der Waals surface area (Å²) in [5.41, 5.74) is 3.47. The van der Waals surface area contributed by atoms with E-state index in [1.807, 2.05) is 37.3 Å². The van der Waals surface area contributed by atoms with Gasteiger partial charge in [-0.25, -0.2) is 9.48 Å². The van der Waals surface area contributed by atoms with Gasteiger partial charge in [0.15, 0.2) is 11.5 Å². The fourth-order valence-corrected chi connectivity index (χ4v) is 3.25. The van der Waals surface area contributed by atoms with Gasteiger partial charge in [-0.3, -0.25) is 9.50 Å². The third-order valence-corrected chi connectivity index (χ3v) is 4.84. The first-order valence-corrected chi connectivity index (χ1v) is 9.16. The zero-order valence-corrected chi connectivity index (χ0v) is 16.0. The van der Waals surface area contributed by atoms with Crippen LogP contribution in [0.5, 0.6) is 0 Å². The second-order valence-corrected chi connectivity index (χ2v) is 6.90. The van der Waals surface area contributed by atoms with E-state index in [0.29, 0.717) is 28.1 Å². The van der Waals surface area contributed by atoms with Crippen molar-refractivity contribution in [3.63, 3.8) is 0 Å². The Morgan fingerprint density at radius 2 is 2.00 bits per heavy atom. The van der Waals surface area contributed by atoms with E-state index < -0.39 is 0 Å². The molecule has 0 saturated heterocycles. The minimum Gasteiger partial charge on any atom is -0.332 e. The first kappa shape index (κ1) is 17.4. The normalized spacial score (nSPS) is 11.4. The molecule has 4 heterocycles. The second-order valence-electron chi connectivity index (χ2n) is 6.46. The van der Waals surface area contributed by atoms with Crippen LogP contribution in [0.2, 0.25) is 5.02 Å². The molecule has 9 nitrogen and oxygen atoms in total. The standard InChI is InChI=1S/C19H14ClN7O2/c1-11-16(12-5-7-13(20)8-6-12)22-23-17(11)18-21-14(25-29-18)10-27-19(28)26-9-3-2-4-15(26)24-27/h2-9H,10H2,1H3,(H,22,23). The molecule has 29 heavy (non-hydrogen) atoms. The fraction of sp³-hybridized carbons (Fsp3) is 0.105. The van der Waals surface area contributed by atoms with Crippen LogP contribution >= 0.6 is 11.6 Å². The molecular formula is C19H14ClN7O2. The number of pyridine rings is 1. The molecule has 0 atom stereocenters. The molecule has 0 aliphatic rings. The van der Waals surface area contributed by atoms with E-state index >= 15 is 0 Å². The lowest BCUT2D eigenvalue weighted by Crippen LogP contribution is -2.22. The molecule has 0 bridgehead atoms. The Labute approximate surface area is 168 Å². The van der Waals surface area contributed by atoms with Crippen LogP contribution in [0.25, 0.3) is 28.5 Å². The average molecular weight is 408 g/mol. The summed E-state index contributed by atoms with van der Waals surface area (Å²) < 4.78 is 8.13. The average Bonchev–Trinajstić information content (AvgIpc) is 3.42. The molecule has 0 radical (unpaired) electrons. The summed E-state index contributed by atoms with van der Waals surface area (Å²) in [6, 6.07) is 12.7. The largest absolute Gasteiger partial charge is 0.350 e. The maximum atomic E-state index is 12.4. The van der Waals surface area contributed by atoms with E-state index in [0.717, 1.165) is 16.8 Å². The van der Waals surface area contributed by atoms with Crippen LogP contribution in [0.3, 0.4) is 0 Å². The van der Waals surface area contributed by atoms with Crippen molar-refractivity contribution in [2.45, 2.75) is 13.5 Å². The van der Waals surface area contributed by atoms with Crippen molar-refractivity contribution < 1.29 is 4.52 Å². The fourth-order valence-electron chi connectivity index (χ4n) is 3.12. The molecular weight excluding hydrogens is 394 g/mol. The Hall–Kier alpha value is -3.72. The number of rotatable bonds is 4. The Bertz CT molecular complexity index is 1380. The molecule has 0 aliphatic heterocycles. The van der Waals surface area contributed by atoms with E-state index in [-0.39, 0.29) is 12.2 Å². The number of hydrogen-bond donors (Lipinski definition) is 1. The first-order valence-electron chi connectivity index (χ1n) is 8.78. The molecule has 0 unspecified atom stereocenters. The smallest absolute Gasteiger partial charge is 0.332 e. The highest BCUT2D eigenvalue weighted by molar-refractivity contribution is 6.30. The molecule has 1 aromatic carbocycles. The van der Waals surface area contributed by atoms with Gasteiger partial charge in [-0.05, 0) is 31.2 Å². The number of fused-ring (bicyclic) bond motifs is 1. The van der Waals surface area contributed by atoms with E-state index in [4.69, 9.17) is 16.1 Å². The zero-order chi connectivity index (χ0) is 20.0. The molecule has 10 heteroatoms. The Morgan fingerprint density at radius 3 is 2.79 bits per heavy atom. The summed E-state index contributed by atoms with van der Waals surface area (Å²) in [5.74, 6) is 0.634. The molecule has 0 fully saturated rings. The number of halogens is 1. The van der Waals surface area contributed by atoms with Gasteiger partial charge < -0.3 is 4.52 Å². The van der Waals surface area contributed by atoms with Crippen molar-refractivity contribution in [2.75, 3.05) is 0 Å². The number of aromatic nitrogens is 7. The molecule has 4 aromatic heterocycles. The van der Waals surface area contributed by atoms with Gasteiger partial charge in [-0.2, -0.15) is 10.1 Å². The molecule has 0 spiro atoms. The molecule has 0 aliphatic carbocycles. The third kappa shape index (κ3) is 3.01. The Kier molecular flexibility index (Phi) is 4.02. The van der Waals surface area contributed by atoms with Crippen LogP contribution in [-0.2, 0) is 6.54 Å². The van der Waals surface area contributed by atoms with Gasteiger partial charge in [0.2, 0.25) is 0 Å². The van der Waals surface area contributed by atoms with Crippen molar-refractivity contribution in [3.05, 3.63) is 75.6 Å². The SMILES string of the molecule is Cc1c(-c2ccc(Cl)cc2)n[nH]c1-c1nc(Cn2nc3ccccn3c2=O)no1. The number of nitrogens with one attached hydrogen (secondary N) is 1. The summed E-state index contributed by atoms with van der Waals surface area (Å²) in [4.78, 5) is 16.8. The van der Waals surface area contributed by atoms with Gasteiger partial charge in [0.05, 0.1) is 5.69 Å². The Morgan fingerprint density at radius 1 is 1.17 bits per heavy atom. The molecule has 144 valence electrons. The summed E-state index contributed by atoms with van der Waals surface area (Å²) in [7, 11) is 0. The highest BCUT2D eigenvalue weighted by atomic mass is 35.5. The quantitative estimate of drug-likeness (QED) is 0.491. The minimum absolute atomic E-state index is 0.0985. The number of aromatic amines is 1. The minimum atomic E-state index is -0.269. The third-order valence-electron chi connectivity index (χ3n) is 4.59. The monoisotopic (exact) mass is 407 g/mol. The lowest BCUT2D eigenvalue weighted by Gasteiger charge is -1.98. The highest BCUT2D eigenvalue weighted by Crippen LogP contribution is 2.29. The highest BCUT2D eigenvalue weighted by Gasteiger charge is 2.19. The van der Waals surface area contributed by atoms with Gasteiger partial charge in [0, 0.05) is 22.3 Å². The van der Waals surface area contributed by atoms with Crippen molar-refractivity contribution in [2.24, 2.45) is 0 Å². The summed E-state index contributed by atoms with van der Waals surface area (Å²) >= 11 is 5.95. The van der Waals surface area contributed by atoms with Crippen LogP contribution in [-0.4, -0.2) is 34.5 Å². The number of H-pyrrole nitrogens is 1. The van der Waals surface area contributed by atoms with Crippen LogP contribution in [0.4, 0.5) is 0 Å². The predicted molar refractivity (Wildman–Crippen MR) is 106 cm³/mol. The van der Waals surface area contributed by atoms with E-state index in [9.17, 15) is 4.79 Å². The first-order chi connectivity index (χ1) is 14.1. The van der Waals surface area contributed by atoms with Gasteiger partial charge in [0.1, 0.15) is 12.2 Å². The molecule has 0 amide bonds. The summed E-state index contributed by atoms with van der Waals surface area (Å²) in [5, 5.41) is 16.2. The Balaban J connectivity index is 1.45. The summed E-state index contributed by atoms with van der Waals surface area (Å²) in [6.07, 6.45) is 1.66. The van der Waals surface area contributed by atoms with Crippen LogP contribution in [0.1, 0.15) is 11.4 Å². The van der Waals surface area contributed by atoms with Crippen LogP contribution in [0, 0.1) is 6.92 Å². The van der Waals surface area contributed by atoms with Crippen molar-refractivity contribution >= 4 is 17.2 Å². The zero-order valence-electron chi connectivity index (χ0n) is 15.2. The number of nitrogens with zero attached hydrogens (tertiary/aromatic N) is 6. The molecule has 0 saturated carbocycles. The van der Waals surface area contributed by atoms with Gasteiger partial charge in [-0.1, -0.05) is 35.0 Å². The van der Waals surface area contributed by atoms with Crippen LogP contribution in [0.15, 0.2) is 58.0 Å². The van der Waals surface area contributed by atoms with E-state index in [1.54, 1.807) is 18.3 Å². The van der Waals surface area contributed by atoms with Crippen LogP contribution < -0.4 is 5.69 Å². The molecule has 5 rings (SSSR count). The van der Waals surface area contributed by atoms with Crippen molar-refractivity contribution in [1.82, 2.24) is 34.5 Å². The second kappa shape index (κ2) is 6.71. The van der Waals surface area contributed by atoms with Gasteiger partial charge in [-0.15, -0.1) is 5.10 Å².